The van der Waals surface area contributed by atoms with Gasteiger partial charge >= 0.3 is 6.09 Å². The van der Waals surface area contributed by atoms with E-state index in [2.05, 4.69) is 26.7 Å². The van der Waals surface area contributed by atoms with Crippen molar-refractivity contribution in [2.75, 3.05) is 14.1 Å². The highest BCUT2D eigenvalue weighted by molar-refractivity contribution is 5.70. The summed E-state index contributed by atoms with van der Waals surface area (Å²) in [7, 11) is 3.26. The van der Waals surface area contributed by atoms with Crippen molar-refractivity contribution in [2.45, 2.75) is 46.6 Å². The van der Waals surface area contributed by atoms with Gasteiger partial charge in [-0.3, -0.25) is 4.68 Å². The number of rotatable bonds is 7. The number of nitrogens with zero attached hydrogens (tertiary/aromatic N) is 7. The fraction of sp³-hybridized carbons (Fsp3) is 0.370. The van der Waals surface area contributed by atoms with Crippen molar-refractivity contribution < 1.29 is 13.9 Å². The quantitative estimate of drug-likeness (QED) is 0.365. The van der Waals surface area contributed by atoms with Gasteiger partial charge in [-0.15, -0.1) is 0 Å². The zero-order valence-corrected chi connectivity index (χ0v) is 21.7. The van der Waals surface area contributed by atoms with Crippen molar-refractivity contribution in [2.24, 2.45) is 5.92 Å². The van der Waals surface area contributed by atoms with Crippen molar-refractivity contribution in [3.8, 4) is 22.8 Å². The Bertz CT molecular complexity index is 1450. The van der Waals surface area contributed by atoms with Gasteiger partial charge in [0.15, 0.2) is 11.6 Å². The minimum Gasteiger partial charge on any atom is -0.406 e. The first-order valence-corrected chi connectivity index (χ1v) is 12.3. The highest BCUT2D eigenvalue weighted by Crippen LogP contribution is 2.34. The molecule has 4 aromatic rings. The molecule has 1 saturated carbocycles. The maximum Gasteiger partial charge on any atom is 0.414 e. The van der Waals surface area contributed by atoms with Crippen LogP contribution in [0.3, 0.4) is 0 Å². The lowest BCUT2D eigenvalue weighted by Gasteiger charge is -2.11. The van der Waals surface area contributed by atoms with Crippen molar-refractivity contribution in [3.05, 3.63) is 70.8 Å². The van der Waals surface area contributed by atoms with E-state index in [0.29, 0.717) is 35.3 Å². The second-order valence-corrected chi connectivity index (χ2v) is 9.77. The molecule has 0 saturated heterocycles. The van der Waals surface area contributed by atoms with E-state index in [1.54, 1.807) is 37.8 Å². The fourth-order valence-electron chi connectivity index (χ4n) is 4.34. The Kier molecular flexibility index (Phi) is 6.49. The number of aryl methyl sites for hydroxylation is 1. The second-order valence-electron chi connectivity index (χ2n) is 9.77. The molecule has 0 unspecified atom stereocenters. The molecule has 5 rings (SSSR count). The van der Waals surface area contributed by atoms with Gasteiger partial charge in [0.1, 0.15) is 17.8 Å². The molecule has 1 aromatic carbocycles. The average molecular weight is 504 g/mol. The molecule has 10 heteroatoms. The third kappa shape index (κ3) is 5.09. The summed E-state index contributed by atoms with van der Waals surface area (Å²) in [5.41, 5.74) is 5.95. The van der Waals surface area contributed by atoms with Crippen LogP contribution >= 0.6 is 0 Å². The number of benzene rings is 1. The second kappa shape index (κ2) is 9.76. The molecule has 9 nitrogen and oxygen atoms in total. The van der Waals surface area contributed by atoms with Crippen LogP contribution in [0.4, 0.5) is 9.18 Å². The highest BCUT2D eigenvalue weighted by atomic mass is 19.1. The normalized spacial score (nSPS) is 13.1. The first-order chi connectivity index (χ1) is 17.7. The zero-order valence-electron chi connectivity index (χ0n) is 21.7. The number of aromatic nitrogens is 6. The molecular weight excluding hydrogens is 473 g/mol. The molecule has 3 aromatic heterocycles. The number of ether oxygens (including phenoxy) is 1. The van der Waals surface area contributed by atoms with E-state index < -0.39 is 6.09 Å². The molecule has 3 heterocycles. The molecule has 0 atom stereocenters. The van der Waals surface area contributed by atoms with Crippen molar-refractivity contribution >= 4 is 6.09 Å². The lowest BCUT2D eigenvalue weighted by Crippen LogP contribution is -2.25. The molecule has 1 fully saturated rings. The summed E-state index contributed by atoms with van der Waals surface area (Å²) >= 11 is 0. The van der Waals surface area contributed by atoms with Crippen molar-refractivity contribution in [1.82, 2.24) is 34.4 Å². The van der Waals surface area contributed by atoms with Crippen LogP contribution in [0.15, 0.2) is 36.7 Å². The van der Waals surface area contributed by atoms with Gasteiger partial charge in [0, 0.05) is 44.4 Å². The van der Waals surface area contributed by atoms with Gasteiger partial charge in [-0.2, -0.15) is 10.2 Å². The molecule has 1 aliphatic carbocycles. The van der Waals surface area contributed by atoms with E-state index >= 15 is 0 Å². The van der Waals surface area contributed by atoms with Crippen LogP contribution in [0.2, 0.25) is 0 Å². The molecule has 1 aliphatic rings. The van der Waals surface area contributed by atoms with E-state index in [4.69, 9.17) is 9.84 Å². The average Bonchev–Trinajstić information content (AvgIpc) is 3.59. The topological polar surface area (TPSA) is 91.0 Å². The predicted molar refractivity (Wildman–Crippen MR) is 136 cm³/mol. The summed E-state index contributed by atoms with van der Waals surface area (Å²) in [5.74, 6) is 1.37. The van der Waals surface area contributed by atoms with E-state index in [9.17, 15) is 9.18 Å². The van der Waals surface area contributed by atoms with Gasteiger partial charge in [0.05, 0.1) is 17.1 Å². The maximum absolute atomic E-state index is 13.5. The van der Waals surface area contributed by atoms with E-state index in [0.717, 1.165) is 34.8 Å². The van der Waals surface area contributed by atoms with Gasteiger partial charge in [-0.25, -0.2) is 23.8 Å². The Morgan fingerprint density at radius 3 is 2.51 bits per heavy atom. The monoisotopic (exact) mass is 503 g/mol. The smallest absolute Gasteiger partial charge is 0.406 e. The first kappa shape index (κ1) is 24.6. The van der Waals surface area contributed by atoms with E-state index in [1.165, 1.54) is 36.2 Å². The number of carbonyl (C=O) groups is 1. The first-order valence-electron chi connectivity index (χ1n) is 12.3. The minimum absolute atomic E-state index is 0.267. The SMILES string of the molecule is Cc1nn(-c2cc(Cc3c(C)c(-c4ccc(F)cc4)nn3CC3CC3)ncn2)c(C)c1OC(=O)N(C)C. The van der Waals surface area contributed by atoms with Crippen LogP contribution in [-0.4, -0.2) is 54.6 Å². The molecule has 0 N–H and O–H groups in total. The van der Waals surface area contributed by atoms with Gasteiger partial charge in [0.25, 0.3) is 0 Å². The van der Waals surface area contributed by atoms with Gasteiger partial charge < -0.3 is 9.64 Å². The summed E-state index contributed by atoms with van der Waals surface area (Å²) in [4.78, 5) is 22.4. The van der Waals surface area contributed by atoms with Crippen molar-refractivity contribution in [3.63, 3.8) is 0 Å². The third-order valence-electron chi connectivity index (χ3n) is 6.62. The summed E-state index contributed by atoms with van der Waals surface area (Å²) in [6.07, 6.45) is 4.03. The van der Waals surface area contributed by atoms with Crippen LogP contribution in [0.1, 0.15) is 41.2 Å². The minimum atomic E-state index is -0.467. The molecule has 37 heavy (non-hydrogen) atoms. The molecule has 192 valence electrons. The van der Waals surface area contributed by atoms with Crippen LogP contribution in [0.5, 0.6) is 5.75 Å². The Morgan fingerprint density at radius 2 is 1.84 bits per heavy atom. The Balaban J connectivity index is 1.47. The van der Waals surface area contributed by atoms with E-state index in [1.807, 2.05) is 13.0 Å². The molecule has 0 aliphatic heterocycles. The van der Waals surface area contributed by atoms with Crippen LogP contribution in [-0.2, 0) is 13.0 Å². The zero-order chi connectivity index (χ0) is 26.3. The molecule has 0 radical (unpaired) electrons. The van der Waals surface area contributed by atoms with Gasteiger partial charge in [0.2, 0.25) is 0 Å². The summed E-state index contributed by atoms with van der Waals surface area (Å²) in [6.45, 7) is 6.54. The summed E-state index contributed by atoms with van der Waals surface area (Å²) in [6, 6.07) is 8.35. The number of carbonyl (C=O) groups excluding carboxylic acids is 1. The predicted octanol–water partition coefficient (Wildman–Crippen LogP) is 4.65. The third-order valence-corrected chi connectivity index (χ3v) is 6.62. The lowest BCUT2D eigenvalue weighted by atomic mass is 10.0. The van der Waals surface area contributed by atoms with Crippen LogP contribution in [0, 0.1) is 32.5 Å². The lowest BCUT2D eigenvalue weighted by molar-refractivity contribution is 0.171. The summed E-state index contributed by atoms with van der Waals surface area (Å²) in [5, 5.41) is 9.48. The largest absolute Gasteiger partial charge is 0.414 e. The fourth-order valence-corrected chi connectivity index (χ4v) is 4.34. The number of amides is 1. The molecule has 1 amide bonds. The van der Waals surface area contributed by atoms with Gasteiger partial charge in [-0.05, 0) is 69.4 Å². The number of hydrogen-bond acceptors (Lipinski definition) is 6. The van der Waals surface area contributed by atoms with Crippen molar-refractivity contribution in [1.29, 1.82) is 0 Å². The Morgan fingerprint density at radius 1 is 1.11 bits per heavy atom. The number of hydrogen-bond donors (Lipinski definition) is 0. The van der Waals surface area contributed by atoms with Crippen LogP contribution < -0.4 is 4.74 Å². The molecule has 0 bridgehead atoms. The van der Waals surface area contributed by atoms with Crippen LogP contribution in [0.25, 0.3) is 17.1 Å². The maximum atomic E-state index is 13.5. The van der Waals surface area contributed by atoms with Gasteiger partial charge in [-0.1, -0.05) is 0 Å². The standard InChI is InChI=1S/C27H30FN7O2/c1-16-23(34(14-19-6-7-19)32-25(16)20-8-10-21(28)11-9-20)12-22-13-24(30-15-29-22)35-18(3)26(17(2)31-35)37-27(36)33(4)5/h8-11,13,15,19H,6-7,12,14H2,1-5H3. The highest BCUT2D eigenvalue weighted by Gasteiger charge is 2.26. The Labute approximate surface area is 214 Å². The van der Waals surface area contributed by atoms with E-state index in [-0.39, 0.29) is 5.82 Å². The molecule has 0 spiro atoms. The number of halogens is 1. The summed E-state index contributed by atoms with van der Waals surface area (Å²) < 4.78 is 22.8. The molecular formula is C27H30FN7O2. The Hall–Kier alpha value is -4.08.